The fourth-order valence-corrected chi connectivity index (χ4v) is 3.30. The van der Waals surface area contributed by atoms with E-state index in [1.807, 2.05) is 4.90 Å². The molecule has 2 fully saturated rings. The first kappa shape index (κ1) is 14.2. The van der Waals surface area contributed by atoms with Crippen molar-refractivity contribution in [3.63, 3.8) is 0 Å². The standard InChI is InChI=1S/C14H21N5O2/c15-8-10-13(16)19(11-2-1-3-12(11)21)17-14(10)18-6-4-9(20)5-7-18/h9,11-12,20-21H,1-7,16H2. The van der Waals surface area contributed by atoms with Gasteiger partial charge < -0.3 is 20.8 Å². The summed E-state index contributed by atoms with van der Waals surface area (Å²) >= 11 is 0. The van der Waals surface area contributed by atoms with E-state index in [4.69, 9.17) is 5.73 Å². The summed E-state index contributed by atoms with van der Waals surface area (Å²) in [6.45, 7) is 1.33. The van der Waals surface area contributed by atoms with E-state index in [2.05, 4.69) is 11.2 Å². The smallest absolute Gasteiger partial charge is 0.170 e. The van der Waals surface area contributed by atoms with Crippen LogP contribution in [-0.4, -0.2) is 45.3 Å². The number of aromatic nitrogens is 2. The Hall–Kier alpha value is -1.78. The maximum atomic E-state index is 10.0. The number of aliphatic hydroxyl groups is 2. The summed E-state index contributed by atoms with van der Waals surface area (Å²) in [5.74, 6) is 0.922. The SMILES string of the molecule is N#Cc1c(N2CCC(O)CC2)nn(C2CCCC2O)c1N. The van der Waals surface area contributed by atoms with Gasteiger partial charge in [-0.1, -0.05) is 0 Å². The Morgan fingerprint density at radius 3 is 2.48 bits per heavy atom. The number of aliphatic hydroxyl groups excluding tert-OH is 2. The molecule has 0 spiro atoms. The second-order valence-corrected chi connectivity index (χ2v) is 5.92. The highest BCUT2D eigenvalue weighted by Gasteiger charge is 2.32. The molecule has 0 radical (unpaired) electrons. The average Bonchev–Trinajstić information content (AvgIpc) is 3.03. The van der Waals surface area contributed by atoms with Crippen LogP contribution < -0.4 is 10.6 Å². The van der Waals surface area contributed by atoms with Gasteiger partial charge >= 0.3 is 0 Å². The fraction of sp³-hybridized carbons (Fsp3) is 0.714. The summed E-state index contributed by atoms with van der Waals surface area (Å²) in [4.78, 5) is 2.00. The zero-order valence-corrected chi connectivity index (χ0v) is 11.9. The van der Waals surface area contributed by atoms with Crippen molar-refractivity contribution in [2.24, 2.45) is 0 Å². The zero-order chi connectivity index (χ0) is 15.0. The molecule has 7 heteroatoms. The molecule has 3 rings (SSSR count). The number of anilines is 2. The predicted octanol–water partition coefficient (Wildman–Crippen LogP) is 0.384. The molecule has 4 N–H and O–H groups in total. The van der Waals surface area contributed by atoms with Crippen molar-refractivity contribution in [3.05, 3.63) is 5.56 Å². The molecule has 7 nitrogen and oxygen atoms in total. The molecule has 1 saturated carbocycles. The molecule has 21 heavy (non-hydrogen) atoms. The summed E-state index contributed by atoms with van der Waals surface area (Å²) in [6.07, 6.45) is 3.14. The van der Waals surface area contributed by atoms with Crippen molar-refractivity contribution in [2.45, 2.75) is 50.4 Å². The van der Waals surface area contributed by atoms with E-state index in [-0.39, 0.29) is 12.1 Å². The summed E-state index contributed by atoms with van der Waals surface area (Å²) in [5, 5.41) is 33.5. The third kappa shape index (κ3) is 2.45. The van der Waals surface area contributed by atoms with E-state index in [0.29, 0.717) is 43.1 Å². The van der Waals surface area contributed by atoms with Crippen molar-refractivity contribution in [2.75, 3.05) is 23.7 Å². The van der Waals surface area contributed by atoms with Crippen molar-refractivity contribution in [1.29, 1.82) is 5.26 Å². The molecule has 2 unspecified atom stereocenters. The quantitative estimate of drug-likeness (QED) is 0.726. The molecule has 2 atom stereocenters. The van der Waals surface area contributed by atoms with Crippen molar-refractivity contribution in [3.8, 4) is 6.07 Å². The Morgan fingerprint density at radius 2 is 1.90 bits per heavy atom. The minimum absolute atomic E-state index is 0.138. The number of hydrogen-bond donors (Lipinski definition) is 3. The molecule has 2 aliphatic rings. The number of nitrogens with two attached hydrogens (primary N) is 1. The third-order valence-corrected chi connectivity index (χ3v) is 4.56. The third-order valence-electron chi connectivity index (χ3n) is 4.56. The van der Waals surface area contributed by atoms with Crippen LogP contribution in [0.1, 0.15) is 43.7 Å². The van der Waals surface area contributed by atoms with Crippen LogP contribution in [0.5, 0.6) is 0 Å². The normalized spacial score (nSPS) is 27.0. The summed E-state index contributed by atoms with van der Waals surface area (Å²) in [7, 11) is 0. The van der Waals surface area contributed by atoms with Crippen molar-refractivity contribution < 1.29 is 10.2 Å². The molecule has 1 aromatic rings. The van der Waals surface area contributed by atoms with Gasteiger partial charge in [0.15, 0.2) is 5.82 Å². The fourth-order valence-electron chi connectivity index (χ4n) is 3.30. The first-order valence-corrected chi connectivity index (χ1v) is 7.51. The van der Waals surface area contributed by atoms with E-state index in [1.165, 1.54) is 0 Å². The molecule has 114 valence electrons. The van der Waals surface area contributed by atoms with Crippen LogP contribution in [0.25, 0.3) is 0 Å². The zero-order valence-electron chi connectivity index (χ0n) is 11.9. The Labute approximate surface area is 123 Å². The number of rotatable bonds is 2. The summed E-state index contributed by atoms with van der Waals surface area (Å²) < 4.78 is 1.62. The highest BCUT2D eigenvalue weighted by molar-refractivity contribution is 5.65. The highest BCUT2D eigenvalue weighted by atomic mass is 16.3. The monoisotopic (exact) mass is 291 g/mol. The van der Waals surface area contributed by atoms with E-state index >= 15 is 0 Å². The van der Waals surface area contributed by atoms with E-state index in [1.54, 1.807) is 4.68 Å². The van der Waals surface area contributed by atoms with Gasteiger partial charge in [-0.2, -0.15) is 10.4 Å². The lowest BCUT2D eigenvalue weighted by Crippen LogP contribution is -2.36. The number of hydrogen-bond acceptors (Lipinski definition) is 6. The minimum atomic E-state index is -0.449. The van der Waals surface area contributed by atoms with Crippen LogP contribution >= 0.6 is 0 Å². The van der Waals surface area contributed by atoms with Crippen LogP contribution in [0.4, 0.5) is 11.6 Å². The van der Waals surface area contributed by atoms with Crippen LogP contribution in [0.3, 0.4) is 0 Å². The first-order valence-electron chi connectivity index (χ1n) is 7.51. The van der Waals surface area contributed by atoms with Crippen molar-refractivity contribution >= 4 is 11.6 Å². The molecule has 0 amide bonds. The summed E-state index contributed by atoms with van der Waals surface area (Å²) in [5.41, 5.74) is 6.46. The molecular formula is C14H21N5O2. The lowest BCUT2D eigenvalue weighted by Gasteiger charge is -2.29. The largest absolute Gasteiger partial charge is 0.393 e. The van der Waals surface area contributed by atoms with Gasteiger partial charge in [-0.15, -0.1) is 0 Å². The predicted molar refractivity (Wildman–Crippen MR) is 77.7 cm³/mol. The van der Waals surface area contributed by atoms with Gasteiger partial charge in [0, 0.05) is 13.1 Å². The van der Waals surface area contributed by atoms with Gasteiger partial charge in [-0.3, -0.25) is 0 Å². The minimum Gasteiger partial charge on any atom is -0.393 e. The maximum Gasteiger partial charge on any atom is 0.170 e. The molecule has 1 saturated heterocycles. The molecule has 2 heterocycles. The molecule has 0 aromatic carbocycles. The van der Waals surface area contributed by atoms with Crippen LogP contribution in [0.15, 0.2) is 0 Å². The molecule has 0 bridgehead atoms. The Bertz CT molecular complexity index is 556. The van der Waals surface area contributed by atoms with Gasteiger partial charge in [0.1, 0.15) is 17.5 Å². The van der Waals surface area contributed by atoms with E-state index < -0.39 is 6.10 Å². The lowest BCUT2D eigenvalue weighted by molar-refractivity contribution is 0.131. The topological polar surface area (TPSA) is 111 Å². The number of piperidine rings is 1. The molecule has 1 aromatic heterocycles. The van der Waals surface area contributed by atoms with Crippen LogP contribution in [0, 0.1) is 11.3 Å². The van der Waals surface area contributed by atoms with Gasteiger partial charge in [0.2, 0.25) is 0 Å². The second-order valence-electron chi connectivity index (χ2n) is 5.92. The van der Waals surface area contributed by atoms with Crippen LogP contribution in [-0.2, 0) is 0 Å². The van der Waals surface area contributed by atoms with Gasteiger partial charge in [0.05, 0.1) is 18.2 Å². The first-order chi connectivity index (χ1) is 10.1. The Kier molecular flexibility index (Phi) is 3.74. The Morgan fingerprint density at radius 1 is 1.19 bits per heavy atom. The average molecular weight is 291 g/mol. The molecular weight excluding hydrogens is 270 g/mol. The van der Waals surface area contributed by atoms with E-state index in [0.717, 1.165) is 19.3 Å². The van der Waals surface area contributed by atoms with Crippen LogP contribution in [0.2, 0.25) is 0 Å². The summed E-state index contributed by atoms with van der Waals surface area (Å²) in [6, 6.07) is 2.00. The number of nitriles is 1. The maximum absolute atomic E-state index is 10.0. The van der Waals surface area contributed by atoms with E-state index in [9.17, 15) is 15.5 Å². The van der Waals surface area contributed by atoms with Gasteiger partial charge in [0.25, 0.3) is 0 Å². The highest BCUT2D eigenvalue weighted by Crippen LogP contribution is 2.35. The molecule has 1 aliphatic carbocycles. The lowest BCUT2D eigenvalue weighted by atomic mass is 10.1. The number of nitrogen functional groups attached to an aromatic ring is 1. The van der Waals surface area contributed by atoms with Crippen molar-refractivity contribution in [1.82, 2.24) is 9.78 Å². The van der Waals surface area contributed by atoms with Gasteiger partial charge in [-0.25, -0.2) is 4.68 Å². The number of nitrogens with zero attached hydrogens (tertiary/aromatic N) is 4. The second kappa shape index (κ2) is 5.54. The van der Waals surface area contributed by atoms with Gasteiger partial charge in [-0.05, 0) is 32.1 Å². The Balaban J connectivity index is 1.92. The molecule has 1 aliphatic heterocycles.